The van der Waals surface area contributed by atoms with Gasteiger partial charge in [0, 0.05) is 29.3 Å². The zero-order valence-corrected chi connectivity index (χ0v) is 16.4. The number of nitrogens with zero attached hydrogens (tertiary/aromatic N) is 1. The molecule has 1 aromatic rings. The lowest BCUT2D eigenvalue weighted by atomic mass is 9.87. The summed E-state index contributed by atoms with van der Waals surface area (Å²) in [4.78, 5) is 15.7. The number of nitrogens with one attached hydrogen (secondary N) is 1. The molecule has 3 atom stereocenters. The molecule has 0 bridgehead atoms. The third-order valence-corrected chi connectivity index (χ3v) is 5.53. The minimum atomic E-state index is -1.41. The molecule has 0 saturated heterocycles. The summed E-state index contributed by atoms with van der Waals surface area (Å²) in [5.74, 6) is 4.01. The van der Waals surface area contributed by atoms with E-state index in [0.29, 0.717) is 0 Å². The Hall–Kier alpha value is -1.81. The first-order chi connectivity index (χ1) is 11.5. The predicted molar refractivity (Wildman–Crippen MR) is 102 cm³/mol. The molecule has 0 aliphatic carbocycles. The summed E-state index contributed by atoms with van der Waals surface area (Å²) in [5, 5.41) is 9.44. The molecule has 6 heteroatoms. The lowest BCUT2D eigenvalue weighted by molar-refractivity contribution is -0.142. The molecular formula is C19H26N2O3S. The normalized spacial score (nSPS) is 16.6. The number of pyridine rings is 1. The van der Waals surface area contributed by atoms with Crippen LogP contribution in [0, 0.1) is 17.8 Å². The number of rotatable bonds is 6. The molecule has 0 fully saturated rings. The van der Waals surface area contributed by atoms with Crippen LogP contribution >= 0.6 is 0 Å². The van der Waals surface area contributed by atoms with Crippen molar-refractivity contribution in [2.45, 2.75) is 51.8 Å². The van der Waals surface area contributed by atoms with Gasteiger partial charge in [0.25, 0.3) is 0 Å². The Bertz CT molecular complexity index is 701. The highest BCUT2D eigenvalue weighted by atomic mass is 32.2. The average Bonchev–Trinajstić information content (AvgIpc) is 2.52. The fourth-order valence-electron chi connectivity index (χ4n) is 1.91. The highest BCUT2D eigenvalue weighted by Crippen LogP contribution is 2.25. The Kier molecular flexibility index (Phi) is 7.24. The largest absolute Gasteiger partial charge is 0.598 e. The molecule has 0 amide bonds. The minimum Gasteiger partial charge on any atom is -0.598 e. The SMILES string of the molecule is CC#Cc1cncc(C=CC(C)(N[S+]([O-])C(C)(C)C)[C@H](C)C(=O)O)c1. The van der Waals surface area contributed by atoms with Crippen LogP contribution in [0.5, 0.6) is 0 Å². The minimum absolute atomic E-state index is 0.508. The molecule has 2 unspecified atom stereocenters. The van der Waals surface area contributed by atoms with E-state index < -0.39 is 33.5 Å². The van der Waals surface area contributed by atoms with E-state index in [1.807, 2.05) is 26.8 Å². The molecule has 5 nitrogen and oxygen atoms in total. The summed E-state index contributed by atoms with van der Waals surface area (Å²) in [5.41, 5.74) is 0.590. The van der Waals surface area contributed by atoms with Crippen LogP contribution in [-0.2, 0) is 16.2 Å². The van der Waals surface area contributed by atoms with Crippen LogP contribution in [0.1, 0.15) is 52.7 Å². The summed E-state index contributed by atoms with van der Waals surface area (Å²) in [7, 11) is 0. The van der Waals surface area contributed by atoms with Crippen molar-refractivity contribution in [1.82, 2.24) is 9.71 Å². The van der Waals surface area contributed by atoms with Crippen LogP contribution in [0.2, 0.25) is 0 Å². The van der Waals surface area contributed by atoms with Gasteiger partial charge in [-0.2, -0.15) is 0 Å². The number of aliphatic carboxylic acids is 1. The van der Waals surface area contributed by atoms with E-state index in [1.54, 1.807) is 45.3 Å². The van der Waals surface area contributed by atoms with Gasteiger partial charge in [-0.3, -0.25) is 9.78 Å². The summed E-state index contributed by atoms with van der Waals surface area (Å²) < 4.78 is 15.0. The van der Waals surface area contributed by atoms with E-state index in [9.17, 15) is 14.5 Å². The summed E-state index contributed by atoms with van der Waals surface area (Å²) in [6.45, 7) is 10.6. The van der Waals surface area contributed by atoms with Gasteiger partial charge >= 0.3 is 5.97 Å². The lowest BCUT2D eigenvalue weighted by Crippen LogP contribution is -2.55. The molecular weight excluding hydrogens is 336 g/mol. The number of aromatic nitrogens is 1. The van der Waals surface area contributed by atoms with E-state index in [-0.39, 0.29) is 0 Å². The second-order valence-corrected chi connectivity index (χ2v) is 9.01. The number of hydrogen-bond donors (Lipinski definition) is 2. The van der Waals surface area contributed by atoms with Crippen molar-refractivity contribution in [3.63, 3.8) is 0 Å². The molecule has 0 radical (unpaired) electrons. The van der Waals surface area contributed by atoms with Gasteiger partial charge in [0.15, 0.2) is 0 Å². The Morgan fingerprint density at radius 2 is 2.04 bits per heavy atom. The van der Waals surface area contributed by atoms with Gasteiger partial charge in [-0.15, -0.1) is 10.6 Å². The van der Waals surface area contributed by atoms with Crippen molar-refractivity contribution in [1.29, 1.82) is 0 Å². The summed E-state index contributed by atoms with van der Waals surface area (Å²) in [6.07, 6.45) is 6.85. The fraction of sp³-hybridized carbons (Fsp3) is 0.474. The predicted octanol–water partition coefficient (Wildman–Crippen LogP) is 3.00. The first-order valence-electron chi connectivity index (χ1n) is 7.99. The maximum atomic E-state index is 12.5. The van der Waals surface area contributed by atoms with Crippen LogP contribution in [0.25, 0.3) is 6.08 Å². The summed E-state index contributed by atoms with van der Waals surface area (Å²) >= 11 is -1.41. The van der Waals surface area contributed by atoms with Crippen molar-refractivity contribution in [3.05, 3.63) is 35.7 Å². The number of carbonyl (C=O) groups is 1. The monoisotopic (exact) mass is 362 g/mol. The van der Waals surface area contributed by atoms with Gasteiger partial charge < -0.3 is 9.66 Å². The van der Waals surface area contributed by atoms with Gasteiger partial charge in [-0.1, -0.05) is 18.1 Å². The van der Waals surface area contributed by atoms with Crippen LogP contribution in [0.15, 0.2) is 24.5 Å². The first kappa shape index (κ1) is 21.2. The maximum absolute atomic E-state index is 12.5. The highest BCUT2D eigenvalue weighted by Gasteiger charge is 2.41. The zero-order chi connectivity index (χ0) is 19.3. The van der Waals surface area contributed by atoms with E-state index in [0.717, 1.165) is 11.1 Å². The highest BCUT2D eigenvalue weighted by molar-refractivity contribution is 7.90. The topological polar surface area (TPSA) is 85.3 Å². The van der Waals surface area contributed by atoms with Crippen molar-refractivity contribution in [2.75, 3.05) is 0 Å². The molecule has 1 rings (SSSR count). The van der Waals surface area contributed by atoms with Crippen LogP contribution < -0.4 is 4.72 Å². The maximum Gasteiger partial charge on any atom is 0.308 e. The Morgan fingerprint density at radius 1 is 1.40 bits per heavy atom. The molecule has 0 aromatic carbocycles. The number of carboxylic acids is 1. The average molecular weight is 362 g/mol. The van der Waals surface area contributed by atoms with Crippen LogP contribution in [0.3, 0.4) is 0 Å². The van der Waals surface area contributed by atoms with E-state index in [2.05, 4.69) is 21.5 Å². The standard InChI is InChI=1S/C19H26N2O3S/c1-7-8-15-11-16(13-20-12-15)9-10-19(6,14(2)17(22)23)21-25(24)18(3,4)5/h9-14,21H,1-6H3,(H,22,23)/t14-,19?,25?/m1/s1. The Morgan fingerprint density at radius 3 is 2.56 bits per heavy atom. The van der Waals surface area contributed by atoms with Crippen molar-refractivity contribution in [2.24, 2.45) is 5.92 Å². The van der Waals surface area contributed by atoms with Gasteiger partial charge in [0.1, 0.15) is 4.75 Å². The molecule has 25 heavy (non-hydrogen) atoms. The molecule has 0 aliphatic rings. The number of hydrogen-bond acceptors (Lipinski definition) is 4. The third-order valence-electron chi connectivity index (χ3n) is 3.79. The van der Waals surface area contributed by atoms with Crippen molar-refractivity contribution in [3.8, 4) is 11.8 Å². The van der Waals surface area contributed by atoms with E-state index in [4.69, 9.17) is 0 Å². The van der Waals surface area contributed by atoms with Crippen molar-refractivity contribution < 1.29 is 14.5 Å². The smallest absolute Gasteiger partial charge is 0.308 e. The van der Waals surface area contributed by atoms with Crippen LogP contribution in [0.4, 0.5) is 0 Å². The van der Waals surface area contributed by atoms with Crippen LogP contribution in [-0.4, -0.2) is 30.9 Å². The molecule has 0 saturated carbocycles. The number of carboxylic acid groups (broad SMARTS) is 1. The zero-order valence-electron chi connectivity index (χ0n) is 15.6. The third kappa shape index (κ3) is 6.20. The fourth-order valence-corrected chi connectivity index (χ4v) is 2.86. The van der Waals surface area contributed by atoms with Gasteiger partial charge in [-0.25, -0.2) is 0 Å². The quantitative estimate of drug-likeness (QED) is 0.600. The second kappa shape index (κ2) is 8.52. The molecule has 1 aromatic heterocycles. The van der Waals surface area contributed by atoms with E-state index in [1.165, 1.54) is 0 Å². The Balaban J connectivity index is 3.17. The summed E-state index contributed by atoms with van der Waals surface area (Å²) in [6, 6.07) is 1.87. The molecule has 0 spiro atoms. The first-order valence-corrected chi connectivity index (χ1v) is 9.14. The molecule has 136 valence electrons. The van der Waals surface area contributed by atoms with Gasteiger partial charge in [0.05, 0.1) is 11.5 Å². The Labute approximate surface area is 153 Å². The molecule has 0 aliphatic heterocycles. The molecule has 2 N–H and O–H groups in total. The second-order valence-electron chi connectivity index (χ2n) is 7.04. The lowest BCUT2D eigenvalue weighted by Gasteiger charge is -2.35. The molecule has 1 heterocycles. The van der Waals surface area contributed by atoms with Gasteiger partial charge in [0.2, 0.25) is 0 Å². The van der Waals surface area contributed by atoms with Gasteiger partial charge in [-0.05, 0) is 53.2 Å². The van der Waals surface area contributed by atoms with Crippen molar-refractivity contribution >= 4 is 23.4 Å². The van der Waals surface area contributed by atoms with E-state index >= 15 is 0 Å².